The van der Waals surface area contributed by atoms with Gasteiger partial charge < -0.3 is 11.5 Å². The maximum Gasteiger partial charge on any atom is 0.0385 e. The van der Waals surface area contributed by atoms with E-state index in [0.29, 0.717) is 0 Å². The minimum absolute atomic E-state index is 0.920. The van der Waals surface area contributed by atoms with E-state index in [1.165, 1.54) is 37.6 Å². The molecule has 0 radical (unpaired) electrons. The second-order valence-electron chi connectivity index (χ2n) is 5.71. The van der Waals surface area contributed by atoms with Crippen LogP contribution in [0.4, 0.5) is 11.4 Å². The number of hydrogen-bond acceptors (Lipinski definition) is 3. The number of fused-ring (bicyclic) bond motifs is 2. The summed E-state index contributed by atoms with van der Waals surface area (Å²) in [5.41, 5.74) is 21.7. The summed E-state index contributed by atoms with van der Waals surface area (Å²) < 4.78 is 0. The zero-order chi connectivity index (χ0) is 14.6. The lowest BCUT2D eigenvalue weighted by molar-refractivity contribution is 1.01. The molecule has 3 rings (SSSR count). The zero-order valence-electron chi connectivity index (χ0n) is 12.4. The van der Waals surface area contributed by atoms with Crippen molar-refractivity contribution in [2.45, 2.75) is 43.9 Å². The lowest BCUT2D eigenvalue weighted by Gasteiger charge is -2.25. The van der Waals surface area contributed by atoms with Crippen molar-refractivity contribution in [3.05, 3.63) is 45.5 Å². The van der Waals surface area contributed by atoms with Crippen LogP contribution in [0.1, 0.15) is 33.4 Å². The zero-order valence-corrected chi connectivity index (χ0v) is 13.2. The molecule has 1 heterocycles. The van der Waals surface area contributed by atoms with Crippen LogP contribution in [0, 0.1) is 27.7 Å². The van der Waals surface area contributed by atoms with Crippen molar-refractivity contribution in [3.8, 4) is 0 Å². The molecule has 104 valence electrons. The minimum atomic E-state index is 0.920. The second kappa shape index (κ2) is 4.45. The highest BCUT2D eigenvalue weighted by atomic mass is 32.2. The van der Waals surface area contributed by atoms with Crippen molar-refractivity contribution >= 4 is 23.1 Å². The van der Waals surface area contributed by atoms with Gasteiger partial charge in [0.2, 0.25) is 0 Å². The first-order valence-corrected chi connectivity index (χ1v) is 7.66. The van der Waals surface area contributed by atoms with Crippen LogP contribution in [0.2, 0.25) is 0 Å². The predicted octanol–water partition coefficient (Wildman–Crippen LogP) is 4.14. The summed E-state index contributed by atoms with van der Waals surface area (Å²) in [6, 6.07) is 4.43. The third kappa shape index (κ3) is 1.80. The molecular weight excluding hydrogens is 264 g/mol. The maximum atomic E-state index is 6.18. The van der Waals surface area contributed by atoms with Crippen LogP contribution in [-0.4, -0.2) is 0 Å². The molecule has 0 aromatic heterocycles. The molecule has 0 unspecified atom stereocenters. The molecule has 1 aliphatic rings. The van der Waals surface area contributed by atoms with Crippen LogP contribution in [0.25, 0.3) is 0 Å². The minimum Gasteiger partial charge on any atom is -0.398 e. The summed E-state index contributed by atoms with van der Waals surface area (Å²) in [5, 5.41) is 0. The van der Waals surface area contributed by atoms with Gasteiger partial charge in [-0.25, -0.2) is 0 Å². The van der Waals surface area contributed by atoms with Crippen LogP contribution < -0.4 is 11.5 Å². The van der Waals surface area contributed by atoms with E-state index in [4.69, 9.17) is 11.5 Å². The average Bonchev–Trinajstić information content (AvgIpc) is 2.42. The Morgan fingerprint density at radius 2 is 1.50 bits per heavy atom. The van der Waals surface area contributed by atoms with Crippen molar-refractivity contribution in [3.63, 3.8) is 0 Å². The van der Waals surface area contributed by atoms with Gasteiger partial charge in [-0.2, -0.15) is 0 Å². The number of aryl methyl sites for hydroxylation is 2. The number of nitrogen functional groups attached to an aromatic ring is 2. The Morgan fingerprint density at radius 1 is 0.900 bits per heavy atom. The Bertz CT molecular complexity index is 669. The normalized spacial score (nSPS) is 13.0. The van der Waals surface area contributed by atoms with Crippen LogP contribution in [0.15, 0.2) is 21.9 Å². The number of rotatable bonds is 0. The van der Waals surface area contributed by atoms with Gasteiger partial charge in [-0.05, 0) is 67.1 Å². The van der Waals surface area contributed by atoms with Gasteiger partial charge in [-0.3, -0.25) is 0 Å². The highest BCUT2D eigenvalue weighted by Gasteiger charge is 2.22. The summed E-state index contributed by atoms with van der Waals surface area (Å²) in [6.45, 7) is 8.41. The van der Waals surface area contributed by atoms with Gasteiger partial charge in [-0.15, -0.1) is 0 Å². The van der Waals surface area contributed by atoms with Gasteiger partial charge in [-0.1, -0.05) is 17.8 Å². The van der Waals surface area contributed by atoms with Crippen LogP contribution in [0.5, 0.6) is 0 Å². The molecule has 4 N–H and O–H groups in total. The Labute approximate surface area is 124 Å². The Hall–Kier alpha value is -1.61. The molecule has 0 atom stereocenters. The summed E-state index contributed by atoms with van der Waals surface area (Å²) in [6.07, 6.45) is 0.954. The molecule has 0 fully saturated rings. The highest BCUT2D eigenvalue weighted by molar-refractivity contribution is 7.99. The predicted molar refractivity (Wildman–Crippen MR) is 87.6 cm³/mol. The van der Waals surface area contributed by atoms with E-state index in [0.717, 1.165) is 23.4 Å². The van der Waals surface area contributed by atoms with Gasteiger partial charge >= 0.3 is 0 Å². The van der Waals surface area contributed by atoms with E-state index in [9.17, 15) is 0 Å². The summed E-state index contributed by atoms with van der Waals surface area (Å²) >= 11 is 1.83. The van der Waals surface area contributed by atoms with E-state index < -0.39 is 0 Å². The molecule has 3 heteroatoms. The lowest BCUT2D eigenvalue weighted by Crippen LogP contribution is -2.08. The first-order valence-electron chi connectivity index (χ1n) is 6.85. The molecule has 0 bridgehead atoms. The largest absolute Gasteiger partial charge is 0.398 e. The molecule has 20 heavy (non-hydrogen) atoms. The Morgan fingerprint density at radius 3 is 2.20 bits per heavy atom. The fourth-order valence-corrected chi connectivity index (χ4v) is 4.28. The van der Waals surface area contributed by atoms with E-state index in [2.05, 4.69) is 39.8 Å². The van der Waals surface area contributed by atoms with E-state index in [-0.39, 0.29) is 0 Å². The second-order valence-corrected chi connectivity index (χ2v) is 6.76. The molecule has 1 aliphatic heterocycles. The van der Waals surface area contributed by atoms with E-state index in [1.807, 2.05) is 11.8 Å². The fraction of sp³-hybridized carbons (Fsp3) is 0.294. The third-order valence-corrected chi connectivity index (χ3v) is 5.71. The molecule has 2 aromatic rings. The molecule has 0 saturated carbocycles. The number of hydrogen-bond donors (Lipinski definition) is 2. The van der Waals surface area contributed by atoms with E-state index in [1.54, 1.807) is 0 Å². The van der Waals surface area contributed by atoms with Crippen molar-refractivity contribution in [1.29, 1.82) is 0 Å². The van der Waals surface area contributed by atoms with Gasteiger partial charge in [0.05, 0.1) is 0 Å². The van der Waals surface area contributed by atoms with Gasteiger partial charge in [0.1, 0.15) is 0 Å². The SMILES string of the molecule is Cc1cc2c(c(C)c1N)Cc1cc(C)c(N)c(C)c1S2. The van der Waals surface area contributed by atoms with Crippen molar-refractivity contribution in [1.82, 2.24) is 0 Å². The average molecular weight is 284 g/mol. The summed E-state index contributed by atoms with van der Waals surface area (Å²) in [4.78, 5) is 2.65. The van der Waals surface area contributed by atoms with Gasteiger partial charge in [0, 0.05) is 27.6 Å². The van der Waals surface area contributed by atoms with Crippen molar-refractivity contribution in [2.24, 2.45) is 0 Å². The topological polar surface area (TPSA) is 52.0 Å². The first kappa shape index (κ1) is 13.4. The maximum absolute atomic E-state index is 6.18. The summed E-state index contributed by atoms with van der Waals surface area (Å²) in [5.74, 6) is 0. The molecule has 2 aromatic carbocycles. The lowest BCUT2D eigenvalue weighted by atomic mass is 9.94. The monoisotopic (exact) mass is 284 g/mol. The van der Waals surface area contributed by atoms with Crippen LogP contribution in [0.3, 0.4) is 0 Å². The number of benzene rings is 2. The standard InChI is InChI=1S/C17H20N2S/c1-8-5-12-7-13-10(3)15(18)9(2)6-14(13)20-17(12)11(4)16(8)19/h5-6H,7,18-19H2,1-4H3. The van der Waals surface area contributed by atoms with Crippen LogP contribution in [-0.2, 0) is 6.42 Å². The Balaban J connectivity index is 2.22. The Kier molecular flexibility index (Phi) is 2.98. The number of anilines is 2. The van der Waals surface area contributed by atoms with E-state index >= 15 is 0 Å². The molecule has 0 spiro atoms. The van der Waals surface area contributed by atoms with Gasteiger partial charge in [0.15, 0.2) is 0 Å². The highest BCUT2D eigenvalue weighted by Crippen LogP contribution is 2.46. The fourth-order valence-electron chi connectivity index (χ4n) is 2.95. The molecular formula is C17H20N2S. The van der Waals surface area contributed by atoms with Crippen molar-refractivity contribution in [2.75, 3.05) is 11.5 Å². The third-order valence-electron chi connectivity index (χ3n) is 4.36. The van der Waals surface area contributed by atoms with Gasteiger partial charge in [0.25, 0.3) is 0 Å². The van der Waals surface area contributed by atoms with Crippen molar-refractivity contribution < 1.29 is 0 Å². The molecule has 2 nitrogen and oxygen atoms in total. The quantitative estimate of drug-likeness (QED) is 0.610. The molecule has 0 aliphatic carbocycles. The summed E-state index contributed by atoms with van der Waals surface area (Å²) in [7, 11) is 0. The molecule has 0 saturated heterocycles. The van der Waals surface area contributed by atoms with Crippen LogP contribution >= 0.6 is 11.8 Å². The smallest absolute Gasteiger partial charge is 0.0385 e. The first-order chi connectivity index (χ1) is 9.40. The number of nitrogens with two attached hydrogens (primary N) is 2. The molecule has 0 amide bonds.